The summed E-state index contributed by atoms with van der Waals surface area (Å²) in [6, 6.07) is 12.9. The quantitative estimate of drug-likeness (QED) is 0.565. The minimum Gasteiger partial charge on any atom is -0.482 e. The average Bonchev–Trinajstić information content (AvgIpc) is 3.22. The fraction of sp³-hybridized carbons (Fsp3) is 0.385. The molecule has 0 N–H and O–H groups in total. The molecule has 1 saturated heterocycles. The van der Waals surface area contributed by atoms with Gasteiger partial charge in [0.2, 0.25) is 0 Å². The van der Waals surface area contributed by atoms with Gasteiger partial charge in [0.1, 0.15) is 11.4 Å². The first-order valence-electron chi connectivity index (χ1n) is 11.6. The number of sulfone groups is 1. The van der Waals surface area contributed by atoms with Gasteiger partial charge < -0.3 is 9.64 Å². The lowest BCUT2D eigenvalue weighted by Crippen LogP contribution is -2.49. The zero-order valence-corrected chi connectivity index (χ0v) is 20.7. The van der Waals surface area contributed by atoms with Crippen LogP contribution in [0.1, 0.15) is 48.2 Å². The lowest BCUT2D eigenvalue weighted by Gasteiger charge is -2.44. The van der Waals surface area contributed by atoms with Gasteiger partial charge in [-0.2, -0.15) is 5.10 Å². The van der Waals surface area contributed by atoms with Crippen LogP contribution in [0, 0.1) is 6.92 Å². The Kier molecular flexibility index (Phi) is 5.31. The number of fused-ring (bicyclic) bond motifs is 4. The number of rotatable bonds is 3. The predicted molar refractivity (Wildman–Crippen MR) is 130 cm³/mol. The summed E-state index contributed by atoms with van der Waals surface area (Å²) < 4.78 is 33.6. The summed E-state index contributed by atoms with van der Waals surface area (Å²) in [5.74, 6) is 0.755. The van der Waals surface area contributed by atoms with Gasteiger partial charge in [-0.1, -0.05) is 12.1 Å². The minimum atomic E-state index is -3.39. The molecule has 0 unspecified atom stereocenters. The zero-order valence-electron chi connectivity index (χ0n) is 19.9. The Balaban J connectivity index is 1.38. The summed E-state index contributed by atoms with van der Waals surface area (Å²) in [5, 5.41) is 4.00. The second-order valence-corrected chi connectivity index (χ2v) is 12.0. The van der Waals surface area contributed by atoms with Crippen molar-refractivity contribution in [3.8, 4) is 17.0 Å². The Morgan fingerprint density at radius 2 is 1.82 bits per heavy atom. The first-order chi connectivity index (χ1) is 16.1. The van der Waals surface area contributed by atoms with Gasteiger partial charge >= 0.3 is 0 Å². The van der Waals surface area contributed by atoms with Gasteiger partial charge in [-0.15, -0.1) is 0 Å². The number of hydrogen-bond donors (Lipinski definition) is 0. The molecule has 178 valence electrons. The second-order valence-electron chi connectivity index (χ2n) is 9.49. The molecule has 0 atom stereocenters. The van der Waals surface area contributed by atoms with Crippen LogP contribution >= 0.6 is 0 Å². The maximum atomic E-state index is 13.3. The lowest BCUT2D eigenvalue weighted by molar-refractivity contribution is -0.00173. The number of hydrogen-bond acceptors (Lipinski definition) is 5. The van der Waals surface area contributed by atoms with Gasteiger partial charge in [-0.25, -0.2) is 8.42 Å². The highest BCUT2D eigenvalue weighted by Crippen LogP contribution is 2.49. The van der Waals surface area contributed by atoms with E-state index in [0.717, 1.165) is 22.6 Å². The largest absolute Gasteiger partial charge is 0.482 e. The second kappa shape index (κ2) is 7.98. The first kappa shape index (κ1) is 22.7. The molecule has 3 heterocycles. The maximum absolute atomic E-state index is 13.3. The van der Waals surface area contributed by atoms with Crippen molar-refractivity contribution in [3.63, 3.8) is 0 Å². The highest BCUT2D eigenvalue weighted by molar-refractivity contribution is 7.92. The molecular formula is C26H29N3O4S. The summed E-state index contributed by atoms with van der Waals surface area (Å²) >= 11 is 0. The summed E-state index contributed by atoms with van der Waals surface area (Å²) in [7, 11) is -1.45. The number of nitrogens with zero attached hydrogens (tertiary/aromatic N) is 3. The molecule has 0 aliphatic carbocycles. The molecular weight excluding hydrogens is 450 g/mol. The normalized spacial score (nSPS) is 16.8. The van der Waals surface area contributed by atoms with E-state index in [-0.39, 0.29) is 10.8 Å². The number of benzene rings is 2. The van der Waals surface area contributed by atoms with E-state index in [0.29, 0.717) is 37.1 Å². The monoisotopic (exact) mass is 479 g/mol. The van der Waals surface area contributed by atoms with Crippen molar-refractivity contribution in [2.24, 2.45) is 7.05 Å². The first-order valence-corrected chi connectivity index (χ1v) is 13.1. The number of aryl methyl sites for hydroxylation is 2. The molecule has 0 saturated carbocycles. The van der Waals surface area contributed by atoms with Crippen molar-refractivity contribution < 1.29 is 17.9 Å². The van der Waals surface area contributed by atoms with Crippen molar-refractivity contribution in [1.29, 1.82) is 0 Å². The molecule has 1 spiro atoms. The van der Waals surface area contributed by atoms with E-state index in [4.69, 9.17) is 4.74 Å². The third kappa shape index (κ3) is 3.43. The Hall–Kier alpha value is -3.13. The molecule has 0 bridgehead atoms. The van der Waals surface area contributed by atoms with E-state index < -0.39 is 20.7 Å². The van der Waals surface area contributed by atoms with Crippen LogP contribution in [-0.4, -0.2) is 47.3 Å². The number of carbonyl (C=O) groups excluding carboxylic acids is 1. The lowest BCUT2D eigenvalue weighted by atomic mass is 9.81. The van der Waals surface area contributed by atoms with Crippen LogP contribution in [0.3, 0.4) is 0 Å². The summed E-state index contributed by atoms with van der Waals surface area (Å²) in [6.07, 6.45) is 3.20. The van der Waals surface area contributed by atoms with E-state index in [1.54, 1.807) is 39.0 Å². The molecule has 1 amide bonds. The standard InChI is InChI=1S/C26H29N3O4S/c1-17(2)34(31,32)23-10-9-19(15-18(23)3)25(30)29-13-11-26(12-14-29)21-16-27-28(4)24(21)20-7-5-6-8-22(20)33-26/h5-10,15-17H,11-14H2,1-4H3. The van der Waals surface area contributed by atoms with E-state index in [9.17, 15) is 13.2 Å². The molecule has 1 fully saturated rings. The maximum Gasteiger partial charge on any atom is 0.253 e. The van der Waals surface area contributed by atoms with Crippen LogP contribution in [0.4, 0.5) is 0 Å². The number of para-hydroxylation sites is 1. The fourth-order valence-corrected chi connectivity index (χ4v) is 6.36. The molecule has 2 aromatic carbocycles. The van der Waals surface area contributed by atoms with Crippen molar-refractivity contribution >= 4 is 15.7 Å². The van der Waals surface area contributed by atoms with E-state index in [1.807, 2.05) is 47.1 Å². The number of piperidine rings is 1. The van der Waals surface area contributed by atoms with Gasteiger partial charge in [-0.3, -0.25) is 9.48 Å². The molecule has 8 heteroatoms. The molecule has 2 aliphatic heterocycles. The van der Waals surface area contributed by atoms with Crippen molar-refractivity contribution in [2.45, 2.75) is 49.4 Å². The van der Waals surface area contributed by atoms with Gasteiger partial charge in [0.25, 0.3) is 5.91 Å². The summed E-state index contributed by atoms with van der Waals surface area (Å²) in [4.78, 5) is 15.4. The van der Waals surface area contributed by atoms with Crippen LogP contribution < -0.4 is 4.74 Å². The molecule has 1 aromatic heterocycles. The Morgan fingerprint density at radius 3 is 2.50 bits per heavy atom. The number of likely N-dealkylation sites (tertiary alicyclic amines) is 1. The van der Waals surface area contributed by atoms with Crippen molar-refractivity contribution in [3.05, 3.63) is 65.4 Å². The molecule has 5 rings (SSSR count). The topological polar surface area (TPSA) is 81.5 Å². The molecule has 34 heavy (non-hydrogen) atoms. The molecule has 7 nitrogen and oxygen atoms in total. The SMILES string of the molecule is Cc1cc(C(=O)N2CCC3(CC2)Oc2ccccc2-c2c3cnn2C)ccc1S(=O)(=O)C(C)C. The summed E-state index contributed by atoms with van der Waals surface area (Å²) in [6.45, 7) is 6.16. The van der Waals surface area contributed by atoms with Crippen LogP contribution in [0.15, 0.2) is 53.6 Å². The van der Waals surface area contributed by atoms with Crippen LogP contribution in [0.5, 0.6) is 5.75 Å². The van der Waals surface area contributed by atoms with Crippen LogP contribution in [0.25, 0.3) is 11.3 Å². The van der Waals surface area contributed by atoms with Gasteiger partial charge in [0.05, 0.1) is 22.0 Å². The Bertz CT molecular complexity index is 1380. The Morgan fingerprint density at radius 1 is 1.12 bits per heavy atom. The van der Waals surface area contributed by atoms with E-state index in [1.165, 1.54) is 0 Å². The van der Waals surface area contributed by atoms with Gasteiger partial charge in [-0.05, 0) is 56.7 Å². The van der Waals surface area contributed by atoms with Gasteiger partial charge in [0, 0.05) is 49.7 Å². The predicted octanol–water partition coefficient (Wildman–Crippen LogP) is 4.10. The highest BCUT2D eigenvalue weighted by atomic mass is 32.2. The number of aromatic nitrogens is 2. The highest BCUT2D eigenvalue weighted by Gasteiger charge is 2.45. The summed E-state index contributed by atoms with van der Waals surface area (Å²) in [5.41, 5.74) is 3.76. The fourth-order valence-electron chi connectivity index (χ4n) is 5.09. The third-order valence-electron chi connectivity index (χ3n) is 7.08. The van der Waals surface area contributed by atoms with Crippen molar-refractivity contribution in [1.82, 2.24) is 14.7 Å². The van der Waals surface area contributed by atoms with Crippen LogP contribution in [-0.2, 0) is 22.5 Å². The number of carbonyl (C=O) groups is 1. The zero-order chi connectivity index (χ0) is 24.3. The van der Waals surface area contributed by atoms with E-state index in [2.05, 4.69) is 5.10 Å². The smallest absolute Gasteiger partial charge is 0.253 e. The number of amides is 1. The third-order valence-corrected chi connectivity index (χ3v) is 9.40. The van der Waals surface area contributed by atoms with Crippen molar-refractivity contribution in [2.75, 3.05) is 13.1 Å². The molecule has 0 radical (unpaired) electrons. The van der Waals surface area contributed by atoms with Crippen LogP contribution in [0.2, 0.25) is 0 Å². The molecule has 2 aliphatic rings. The number of ether oxygens (including phenoxy) is 1. The molecule has 3 aromatic rings. The Labute approximate surface area is 200 Å². The van der Waals surface area contributed by atoms with E-state index >= 15 is 0 Å². The van der Waals surface area contributed by atoms with Gasteiger partial charge in [0.15, 0.2) is 9.84 Å². The minimum absolute atomic E-state index is 0.0888. The average molecular weight is 480 g/mol.